The van der Waals surface area contributed by atoms with Gasteiger partial charge in [0.25, 0.3) is 0 Å². The van der Waals surface area contributed by atoms with E-state index >= 15 is 0 Å². The fraction of sp³-hybridized carbons (Fsp3) is 0.923. The molecule has 1 aliphatic heterocycles. The van der Waals surface area contributed by atoms with E-state index in [1.165, 1.54) is 0 Å². The van der Waals surface area contributed by atoms with Gasteiger partial charge in [-0.05, 0) is 30.7 Å². The zero-order chi connectivity index (χ0) is 12.2. The third-order valence-electron chi connectivity index (χ3n) is 3.95. The number of hydrogen-bond donors (Lipinski definition) is 2. The topological polar surface area (TPSA) is 41.1 Å². The van der Waals surface area contributed by atoms with Crippen molar-refractivity contribution in [2.75, 3.05) is 19.6 Å². The molecule has 0 spiro atoms. The van der Waals surface area contributed by atoms with Crippen molar-refractivity contribution in [1.29, 1.82) is 0 Å². The molecule has 0 bridgehead atoms. The predicted molar refractivity (Wildman–Crippen MR) is 67.2 cm³/mol. The lowest BCUT2D eigenvalue weighted by atomic mass is 9.81. The summed E-state index contributed by atoms with van der Waals surface area (Å²) in [5.41, 5.74) is 0.178. The van der Waals surface area contributed by atoms with Crippen LogP contribution in [0.1, 0.15) is 40.5 Å². The third kappa shape index (κ3) is 3.78. The average molecular weight is 226 g/mol. The molecule has 1 saturated heterocycles. The minimum atomic E-state index is 0.178. The fourth-order valence-corrected chi connectivity index (χ4v) is 1.74. The van der Waals surface area contributed by atoms with Crippen LogP contribution in [0.5, 0.6) is 0 Å². The molecule has 0 aromatic heterocycles. The van der Waals surface area contributed by atoms with Gasteiger partial charge in [0, 0.05) is 13.1 Å². The van der Waals surface area contributed by atoms with Crippen molar-refractivity contribution < 1.29 is 4.79 Å². The summed E-state index contributed by atoms with van der Waals surface area (Å²) in [5, 5.41) is 6.37. The molecule has 0 saturated carbocycles. The molecule has 3 nitrogen and oxygen atoms in total. The van der Waals surface area contributed by atoms with Crippen LogP contribution in [0.2, 0.25) is 0 Å². The Labute approximate surface area is 99.4 Å². The zero-order valence-corrected chi connectivity index (χ0v) is 11.1. The van der Waals surface area contributed by atoms with Gasteiger partial charge in [-0.1, -0.05) is 27.7 Å². The van der Waals surface area contributed by atoms with E-state index in [0.29, 0.717) is 5.92 Å². The molecule has 0 unspecified atom stereocenters. The van der Waals surface area contributed by atoms with Gasteiger partial charge in [0.15, 0.2) is 0 Å². The summed E-state index contributed by atoms with van der Waals surface area (Å²) in [6.07, 6.45) is 2.15. The summed E-state index contributed by atoms with van der Waals surface area (Å²) in [5.74, 6) is 0.981. The lowest BCUT2D eigenvalue weighted by Gasteiger charge is -2.31. The first-order valence-corrected chi connectivity index (χ1v) is 6.42. The van der Waals surface area contributed by atoms with Crippen LogP contribution >= 0.6 is 0 Å². The van der Waals surface area contributed by atoms with Crippen molar-refractivity contribution in [2.24, 2.45) is 17.3 Å². The maximum Gasteiger partial charge on any atom is 0.224 e. The molecule has 94 valence electrons. The summed E-state index contributed by atoms with van der Waals surface area (Å²) in [4.78, 5) is 11.9. The van der Waals surface area contributed by atoms with E-state index in [9.17, 15) is 4.79 Å². The maximum absolute atomic E-state index is 11.9. The van der Waals surface area contributed by atoms with Crippen LogP contribution in [-0.2, 0) is 4.79 Å². The second-order valence-electron chi connectivity index (χ2n) is 5.90. The number of carbonyl (C=O) groups is 1. The molecule has 0 radical (unpaired) electrons. The van der Waals surface area contributed by atoms with Crippen molar-refractivity contribution in [3.63, 3.8) is 0 Å². The molecule has 3 heteroatoms. The smallest absolute Gasteiger partial charge is 0.224 e. The molecule has 1 aliphatic rings. The Bertz CT molecular complexity index is 230. The van der Waals surface area contributed by atoms with E-state index in [-0.39, 0.29) is 17.2 Å². The average Bonchev–Trinajstić information content (AvgIpc) is 2.27. The van der Waals surface area contributed by atoms with Crippen LogP contribution in [0.4, 0.5) is 0 Å². The Kier molecular flexibility index (Phi) is 4.78. The summed E-state index contributed by atoms with van der Waals surface area (Å²) in [6, 6.07) is 0. The lowest BCUT2D eigenvalue weighted by Crippen LogP contribution is -2.44. The third-order valence-corrected chi connectivity index (χ3v) is 3.95. The monoisotopic (exact) mass is 226 g/mol. The van der Waals surface area contributed by atoms with E-state index < -0.39 is 0 Å². The first-order valence-electron chi connectivity index (χ1n) is 6.42. The molecule has 2 N–H and O–H groups in total. The minimum absolute atomic E-state index is 0.178. The Balaban J connectivity index is 2.34. The van der Waals surface area contributed by atoms with E-state index in [1.54, 1.807) is 0 Å². The second-order valence-corrected chi connectivity index (χ2v) is 5.90. The number of piperidine rings is 1. The van der Waals surface area contributed by atoms with E-state index in [4.69, 9.17) is 0 Å². The lowest BCUT2D eigenvalue weighted by molar-refractivity contribution is -0.126. The molecule has 0 aliphatic carbocycles. The van der Waals surface area contributed by atoms with Gasteiger partial charge in [0.2, 0.25) is 5.91 Å². The van der Waals surface area contributed by atoms with Crippen LogP contribution in [0.25, 0.3) is 0 Å². The van der Waals surface area contributed by atoms with E-state index in [2.05, 4.69) is 38.3 Å². The van der Waals surface area contributed by atoms with Crippen molar-refractivity contribution in [3.05, 3.63) is 0 Å². The van der Waals surface area contributed by atoms with Gasteiger partial charge in [-0.3, -0.25) is 4.79 Å². The molecule has 0 aromatic rings. The molecule has 16 heavy (non-hydrogen) atoms. The van der Waals surface area contributed by atoms with Crippen LogP contribution in [0.3, 0.4) is 0 Å². The van der Waals surface area contributed by atoms with Crippen LogP contribution in [0.15, 0.2) is 0 Å². The first-order chi connectivity index (χ1) is 7.43. The quantitative estimate of drug-likeness (QED) is 0.767. The van der Waals surface area contributed by atoms with Gasteiger partial charge in [-0.2, -0.15) is 0 Å². The second kappa shape index (κ2) is 5.67. The van der Waals surface area contributed by atoms with Crippen molar-refractivity contribution >= 4 is 5.91 Å². The number of nitrogens with one attached hydrogen (secondary N) is 2. The highest BCUT2D eigenvalue weighted by Gasteiger charge is 2.26. The predicted octanol–water partition coefficient (Wildman–Crippen LogP) is 1.78. The van der Waals surface area contributed by atoms with Crippen LogP contribution < -0.4 is 10.6 Å². The van der Waals surface area contributed by atoms with Gasteiger partial charge < -0.3 is 10.6 Å². The summed E-state index contributed by atoms with van der Waals surface area (Å²) in [6.45, 7) is 11.5. The summed E-state index contributed by atoms with van der Waals surface area (Å²) in [7, 11) is 0. The normalized spacial score (nSPS) is 22.2. The van der Waals surface area contributed by atoms with Crippen molar-refractivity contribution in [2.45, 2.75) is 40.5 Å². The molecule has 1 amide bonds. The van der Waals surface area contributed by atoms with Crippen LogP contribution in [-0.4, -0.2) is 25.5 Å². The standard InChI is InChI=1S/C13H26N2O/c1-10(2)13(3,4)9-15-12(16)11-6-5-7-14-8-11/h10-11,14H,5-9H2,1-4H3,(H,15,16)/t11-/m1/s1. The molecule has 1 fully saturated rings. The minimum Gasteiger partial charge on any atom is -0.355 e. The Hall–Kier alpha value is -0.570. The largest absolute Gasteiger partial charge is 0.355 e. The summed E-state index contributed by atoms with van der Waals surface area (Å²) < 4.78 is 0. The van der Waals surface area contributed by atoms with Gasteiger partial charge in [0.05, 0.1) is 5.92 Å². The Morgan fingerprint density at radius 1 is 1.50 bits per heavy atom. The Morgan fingerprint density at radius 3 is 2.69 bits per heavy atom. The van der Waals surface area contributed by atoms with Gasteiger partial charge in [-0.15, -0.1) is 0 Å². The molecule has 1 atom stereocenters. The van der Waals surface area contributed by atoms with Crippen molar-refractivity contribution in [3.8, 4) is 0 Å². The number of rotatable bonds is 4. The molecule has 1 rings (SSSR count). The Morgan fingerprint density at radius 2 is 2.19 bits per heavy atom. The molecule has 1 heterocycles. The highest BCUT2D eigenvalue weighted by atomic mass is 16.1. The zero-order valence-electron chi connectivity index (χ0n) is 11.1. The number of amides is 1. The van der Waals surface area contributed by atoms with Crippen LogP contribution in [0, 0.1) is 17.3 Å². The SMILES string of the molecule is CC(C)C(C)(C)CNC(=O)[C@@H]1CCCNC1. The highest BCUT2D eigenvalue weighted by molar-refractivity contribution is 5.79. The van der Waals surface area contributed by atoms with Gasteiger partial charge in [0.1, 0.15) is 0 Å². The van der Waals surface area contributed by atoms with E-state index in [1.807, 2.05) is 0 Å². The fourth-order valence-electron chi connectivity index (χ4n) is 1.74. The highest BCUT2D eigenvalue weighted by Crippen LogP contribution is 2.24. The summed E-state index contributed by atoms with van der Waals surface area (Å²) >= 11 is 0. The van der Waals surface area contributed by atoms with Crippen molar-refractivity contribution in [1.82, 2.24) is 10.6 Å². The molecule has 0 aromatic carbocycles. The van der Waals surface area contributed by atoms with Gasteiger partial charge in [-0.25, -0.2) is 0 Å². The number of hydrogen-bond acceptors (Lipinski definition) is 2. The first kappa shape index (κ1) is 13.5. The van der Waals surface area contributed by atoms with Gasteiger partial charge >= 0.3 is 0 Å². The number of carbonyl (C=O) groups excluding carboxylic acids is 1. The molecular formula is C13H26N2O. The maximum atomic E-state index is 11.9. The molecular weight excluding hydrogens is 200 g/mol. The van der Waals surface area contributed by atoms with E-state index in [0.717, 1.165) is 32.5 Å².